The number of aromatic nitrogens is 1. The van der Waals surface area contributed by atoms with E-state index in [-0.39, 0.29) is 11.8 Å². The molecule has 2 heterocycles. The summed E-state index contributed by atoms with van der Waals surface area (Å²) < 4.78 is 1.88. The van der Waals surface area contributed by atoms with Gasteiger partial charge in [-0.15, -0.1) is 11.3 Å². The summed E-state index contributed by atoms with van der Waals surface area (Å²) in [5.74, 6) is -0.657. The lowest BCUT2D eigenvalue weighted by Crippen LogP contribution is -2.41. The molecule has 0 aliphatic rings. The first-order valence-electron chi connectivity index (χ1n) is 6.35. The first-order valence-corrected chi connectivity index (χ1v) is 7.23. The predicted molar refractivity (Wildman–Crippen MR) is 82.2 cm³/mol. The molecule has 1 aromatic carbocycles. The van der Waals surface area contributed by atoms with Crippen LogP contribution < -0.4 is 10.9 Å². The Balaban J connectivity index is 1.77. The van der Waals surface area contributed by atoms with Crippen LogP contribution in [-0.2, 0) is 7.05 Å². The molecule has 3 aromatic rings. The molecule has 0 saturated heterocycles. The van der Waals surface area contributed by atoms with Gasteiger partial charge in [0.15, 0.2) is 0 Å². The summed E-state index contributed by atoms with van der Waals surface area (Å²) in [6.07, 6.45) is 1.75. The van der Waals surface area contributed by atoms with Gasteiger partial charge in [-0.25, -0.2) is 0 Å². The van der Waals surface area contributed by atoms with E-state index in [1.54, 1.807) is 23.7 Å². The van der Waals surface area contributed by atoms with Crippen molar-refractivity contribution in [2.45, 2.75) is 0 Å². The molecular weight excluding hydrogens is 286 g/mol. The molecule has 0 aliphatic heterocycles. The Labute approximate surface area is 125 Å². The predicted octanol–water partition coefficient (Wildman–Crippen LogP) is 2.31. The number of carbonyl (C=O) groups excluding carboxylic acids is 2. The maximum atomic E-state index is 12.2. The van der Waals surface area contributed by atoms with Gasteiger partial charge in [0.05, 0.1) is 10.4 Å². The lowest BCUT2D eigenvalue weighted by molar-refractivity contribution is 0.0849. The van der Waals surface area contributed by atoms with Crippen LogP contribution in [0, 0.1) is 0 Å². The minimum atomic E-state index is -0.336. The summed E-state index contributed by atoms with van der Waals surface area (Å²) in [5.41, 5.74) is 6.36. The number of benzene rings is 1. The van der Waals surface area contributed by atoms with Crippen LogP contribution in [0.2, 0.25) is 0 Å². The lowest BCUT2D eigenvalue weighted by atomic mass is 10.2. The molecule has 0 atom stereocenters. The Hall–Kier alpha value is -2.60. The molecule has 6 heteroatoms. The van der Waals surface area contributed by atoms with Gasteiger partial charge in [-0.05, 0) is 17.5 Å². The van der Waals surface area contributed by atoms with Gasteiger partial charge in [0.25, 0.3) is 11.8 Å². The van der Waals surface area contributed by atoms with Crippen LogP contribution in [0.3, 0.4) is 0 Å². The highest BCUT2D eigenvalue weighted by Crippen LogP contribution is 2.19. The van der Waals surface area contributed by atoms with E-state index in [1.165, 1.54) is 11.3 Å². The zero-order valence-electron chi connectivity index (χ0n) is 11.3. The minimum Gasteiger partial charge on any atom is -0.350 e. The van der Waals surface area contributed by atoms with E-state index in [0.717, 1.165) is 10.9 Å². The SMILES string of the molecule is Cn1cc(C(=O)NNC(=O)c2cccs2)c2ccccc21. The Morgan fingerprint density at radius 1 is 1.05 bits per heavy atom. The third-order valence-electron chi connectivity index (χ3n) is 3.18. The smallest absolute Gasteiger partial charge is 0.279 e. The monoisotopic (exact) mass is 299 g/mol. The number of amides is 2. The van der Waals surface area contributed by atoms with Crippen molar-refractivity contribution in [2.24, 2.45) is 7.05 Å². The summed E-state index contributed by atoms with van der Waals surface area (Å²) >= 11 is 1.32. The van der Waals surface area contributed by atoms with E-state index in [2.05, 4.69) is 10.9 Å². The van der Waals surface area contributed by atoms with Crippen molar-refractivity contribution in [3.63, 3.8) is 0 Å². The Kier molecular flexibility index (Phi) is 3.45. The fraction of sp³-hybridized carbons (Fsp3) is 0.0667. The molecule has 0 unspecified atom stereocenters. The number of para-hydroxylation sites is 1. The molecule has 0 radical (unpaired) electrons. The number of hydrogen-bond acceptors (Lipinski definition) is 3. The molecule has 0 fully saturated rings. The number of nitrogens with zero attached hydrogens (tertiary/aromatic N) is 1. The van der Waals surface area contributed by atoms with E-state index < -0.39 is 0 Å². The summed E-state index contributed by atoms with van der Waals surface area (Å²) in [7, 11) is 1.88. The maximum Gasteiger partial charge on any atom is 0.279 e. The molecule has 5 nitrogen and oxygen atoms in total. The molecule has 2 aromatic heterocycles. The van der Waals surface area contributed by atoms with E-state index >= 15 is 0 Å². The van der Waals surface area contributed by atoms with Gasteiger partial charge in [-0.1, -0.05) is 24.3 Å². The molecule has 0 spiro atoms. The van der Waals surface area contributed by atoms with Crippen LogP contribution in [-0.4, -0.2) is 16.4 Å². The van der Waals surface area contributed by atoms with Crippen LogP contribution in [0.5, 0.6) is 0 Å². The summed E-state index contributed by atoms with van der Waals surface area (Å²) in [5, 5.41) is 2.66. The maximum absolute atomic E-state index is 12.2. The van der Waals surface area contributed by atoms with Gasteiger partial charge < -0.3 is 4.57 Å². The second kappa shape index (κ2) is 5.41. The van der Waals surface area contributed by atoms with Crippen molar-refractivity contribution in [3.8, 4) is 0 Å². The largest absolute Gasteiger partial charge is 0.350 e. The van der Waals surface area contributed by atoms with E-state index in [9.17, 15) is 9.59 Å². The normalized spacial score (nSPS) is 10.5. The minimum absolute atomic E-state index is 0.321. The zero-order chi connectivity index (χ0) is 14.8. The Morgan fingerprint density at radius 3 is 2.57 bits per heavy atom. The Morgan fingerprint density at radius 2 is 1.81 bits per heavy atom. The standard InChI is InChI=1S/C15H13N3O2S/c1-18-9-11(10-5-2-3-6-12(10)18)14(19)16-17-15(20)13-7-4-8-21-13/h2-9H,1H3,(H,16,19)(H,17,20). The van der Waals surface area contributed by atoms with Crippen molar-refractivity contribution in [1.29, 1.82) is 0 Å². The molecule has 21 heavy (non-hydrogen) atoms. The van der Waals surface area contributed by atoms with Crippen molar-refractivity contribution in [1.82, 2.24) is 15.4 Å². The summed E-state index contributed by atoms with van der Waals surface area (Å²) in [6, 6.07) is 11.1. The Bertz CT molecular complexity index is 806. The average Bonchev–Trinajstić information content (AvgIpc) is 3.13. The van der Waals surface area contributed by atoms with Crippen LogP contribution in [0.4, 0.5) is 0 Å². The van der Waals surface area contributed by atoms with Gasteiger partial charge in [0.1, 0.15) is 0 Å². The van der Waals surface area contributed by atoms with Gasteiger partial charge in [0.2, 0.25) is 0 Å². The average molecular weight is 299 g/mol. The summed E-state index contributed by atoms with van der Waals surface area (Å²) in [4.78, 5) is 24.5. The number of fused-ring (bicyclic) bond motifs is 1. The number of nitrogens with one attached hydrogen (secondary N) is 2. The third-order valence-corrected chi connectivity index (χ3v) is 4.04. The van der Waals surface area contributed by atoms with Crippen molar-refractivity contribution < 1.29 is 9.59 Å². The van der Waals surface area contributed by atoms with Gasteiger partial charge >= 0.3 is 0 Å². The number of thiophene rings is 1. The lowest BCUT2D eigenvalue weighted by Gasteiger charge is -2.05. The highest BCUT2D eigenvalue weighted by atomic mass is 32.1. The fourth-order valence-electron chi connectivity index (χ4n) is 2.17. The van der Waals surface area contributed by atoms with Gasteiger partial charge in [0, 0.05) is 24.1 Å². The second-order valence-electron chi connectivity index (χ2n) is 4.56. The van der Waals surface area contributed by atoms with Crippen molar-refractivity contribution in [2.75, 3.05) is 0 Å². The molecule has 0 saturated carbocycles. The quantitative estimate of drug-likeness (QED) is 0.713. The van der Waals surface area contributed by atoms with Gasteiger partial charge in [-0.2, -0.15) is 0 Å². The fourth-order valence-corrected chi connectivity index (χ4v) is 2.79. The third kappa shape index (κ3) is 2.53. The topological polar surface area (TPSA) is 63.1 Å². The van der Waals surface area contributed by atoms with E-state index in [1.807, 2.05) is 35.9 Å². The van der Waals surface area contributed by atoms with Crippen LogP contribution in [0.1, 0.15) is 20.0 Å². The van der Waals surface area contributed by atoms with Crippen LogP contribution >= 0.6 is 11.3 Å². The number of hydrogen-bond donors (Lipinski definition) is 2. The zero-order valence-corrected chi connectivity index (χ0v) is 12.1. The number of aryl methyl sites for hydroxylation is 1. The molecule has 0 aliphatic carbocycles. The summed E-state index contributed by atoms with van der Waals surface area (Å²) in [6.45, 7) is 0. The van der Waals surface area contributed by atoms with Crippen molar-refractivity contribution in [3.05, 3.63) is 58.4 Å². The van der Waals surface area contributed by atoms with E-state index in [4.69, 9.17) is 0 Å². The molecule has 3 rings (SSSR count). The highest BCUT2D eigenvalue weighted by molar-refractivity contribution is 7.12. The van der Waals surface area contributed by atoms with E-state index in [0.29, 0.717) is 10.4 Å². The van der Waals surface area contributed by atoms with Crippen LogP contribution in [0.15, 0.2) is 48.0 Å². The molecule has 106 valence electrons. The number of carbonyl (C=O) groups is 2. The first-order chi connectivity index (χ1) is 10.2. The number of hydrazine groups is 1. The molecule has 2 N–H and O–H groups in total. The first kappa shape index (κ1) is 13.4. The molecular formula is C15H13N3O2S. The highest BCUT2D eigenvalue weighted by Gasteiger charge is 2.14. The van der Waals surface area contributed by atoms with Crippen molar-refractivity contribution >= 4 is 34.1 Å². The van der Waals surface area contributed by atoms with Crippen LogP contribution in [0.25, 0.3) is 10.9 Å². The molecule has 2 amide bonds. The number of rotatable bonds is 2. The molecule has 0 bridgehead atoms. The second-order valence-corrected chi connectivity index (χ2v) is 5.50. The van der Waals surface area contributed by atoms with Gasteiger partial charge in [-0.3, -0.25) is 20.4 Å².